The fraction of sp³-hybridized carbons (Fsp3) is 0.455. The van der Waals surface area contributed by atoms with E-state index in [1.807, 2.05) is 0 Å². The highest BCUT2D eigenvalue weighted by atomic mass is 35.5. The molecule has 0 bridgehead atoms. The molecule has 7 heteroatoms. The normalized spacial score (nSPS) is 19.2. The van der Waals surface area contributed by atoms with E-state index in [0.29, 0.717) is 0 Å². The van der Waals surface area contributed by atoms with Gasteiger partial charge >= 0.3 is 0 Å². The average Bonchev–Trinajstić information content (AvgIpc) is 2.26. The van der Waals surface area contributed by atoms with Crippen molar-refractivity contribution < 1.29 is 17.2 Å². The third-order valence-electron chi connectivity index (χ3n) is 2.90. The minimum absolute atomic E-state index is 0. The molecule has 1 aliphatic heterocycles. The van der Waals surface area contributed by atoms with Crippen LogP contribution in [0.2, 0.25) is 0 Å². The summed E-state index contributed by atoms with van der Waals surface area (Å²) in [7, 11) is -3.24. The molecule has 0 aromatic heterocycles. The molecule has 1 aromatic rings. The SMILES string of the molecule is CS(=O)(=O)c1ccc2c(c1)CNC(C(F)F)C2.Cl. The number of benzene rings is 1. The van der Waals surface area contributed by atoms with Crippen LogP contribution in [-0.2, 0) is 22.8 Å². The second-order valence-corrected chi connectivity index (χ2v) is 6.24. The van der Waals surface area contributed by atoms with Gasteiger partial charge in [-0.25, -0.2) is 17.2 Å². The van der Waals surface area contributed by atoms with Crippen molar-refractivity contribution in [1.82, 2.24) is 5.32 Å². The molecule has 1 unspecified atom stereocenters. The minimum Gasteiger partial charge on any atom is -0.304 e. The van der Waals surface area contributed by atoms with Crippen LogP contribution in [0.25, 0.3) is 0 Å². The summed E-state index contributed by atoms with van der Waals surface area (Å²) in [5.74, 6) is 0. The molecular formula is C11H14ClF2NO2S. The van der Waals surface area contributed by atoms with Crippen molar-refractivity contribution in [3.05, 3.63) is 29.3 Å². The van der Waals surface area contributed by atoms with Crippen molar-refractivity contribution in [2.24, 2.45) is 0 Å². The Morgan fingerprint density at radius 1 is 1.33 bits per heavy atom. The van der Waals surface area contributed by atoms with Crippen LogP contribution in [0.1, 0.15) is 11.1 Å². The van der Waals surface area contributed by atoms with Crippen LogP contribution in [0.5, 0.6) is 0 Å². The van der Waals surface area contributed by atoms with Gasteiger partial charge in [-0.2, -0.15) is 0 Å². The van der Waals surface area contributed by atoms with Crippen molar-refractivity contribution in [1.29, 1.82) is 0 Å². The molecule has 0 aliphatic carbocycles. The number of nitrogens with one attached hydrogen (secondary N) is 1. The van der Waals surface area contributed by atoms with Gasteiger partial charge in [0.05, 0.1) is 10.9 Å². The zero-order valence-corrected chi connectivity index (χ0v) is 11.3. The Balaban J connectivity index is 0.00000162. The second-order valence-electron chi connectivity index (χ2n) is 4.23. The smallest absolute Gasteiger partial charge is 0.254 e. The number of hydrogen-bond acceptors (Lipinski definition) is 3. The van der Waals surface area contributed by atoms with Gasteiger partial charge in [-0.3, -0.25) is 0 Å². The molecular weight excluding hydrogens is 284 g/mol. The van der Waals surface area contributed by atoms with Crippen LogP contribution in [-0.4, -0.2) is 27.1 Å². The van der Waals surface area contributed by atoms with E-state index >= 15 is 0 Å². The predicted octanol–water partition coefficient (Wildman–Crippen LogP) is 1.79. The number of alkyl halides is 2. The molecule has 0 spiro atoms. The lowest BCUT2D eigenvalue weighted by Crippen LogP contribution is -2.40. The summed E-state index contributed by atoms with van der Waals surface area (Å²) in [4.78, 5) is 0.230. The van der Waals surface area contributed by atoms with Gasteiger partial charge in [-0.05, 0) is 29.7 Å². The van der Waals surface area contributed by atoms with Gasteiger partial charge in [0.1, 0.15) is 0 Å². The third kappa shape index (κ3) is 3.18. The van der Waals surface area contributed by atoms with Crippen LogP contribution < -0.4 is 5.32 Å². The average molecular weight is 298 g/mol. The summed E-state index contributed by atoms with van der Waals surface area (Å²) in [6.45, 7) is 0.285. The molecule has 0 saturated carbocycles. The highest BCUT2D eigenvalue weighted by Gasteiger charge is 2.25. The van der Waals surface area contributed by atoms with Crippen molar-refractivity contribution >= 4 is 22.2 Å². The third-order valence-corrected chi connectivity index (χ3v) is 4.01. The van der Waals surface area contributed by atoms with E-state index in [1.54, 1.807) is 12.1 Å². The largest absolute Gasteiger partial charge is 0.304 e. The summed E-state index contributed by atoms with van der Waals surface area (Å²) in [5.41, 5.74) is 1.58. The second kappa shape index (κ2) is 5.50. The number of hydrogen-bond donors (Lipinski definition) is 1. The zero-order valence-electron chi connectivity index (χ0n) is 9.69. The Labute approximate surface area is 111 Å². The fourth-order valence-corrected chi connectivity index (χ4v) is 2.60. The Morgan fingerprint density at radius 2 is 2.00 bits per heavy atom. The topological polar surface area (TPSA) is 46.2 Å². The first kappa shape index (κ1) is 15.3. The lowest BCUT2D eigenvalue weighted by Gasteiger charge is -2.25. The number of fused-ring (bicyclic) bond motifs is 1. The Morgan fingerprint density at radius 3 is 2.56 bits per heavy atom. The van der Waals surface area contributed by atoms with Crippen molar-refractivity contribution in [2.75, 3.05) is 6.26 Å². The van der Waals surface area contributed by atoms with Crippen LogP contribution in [0.3, 0.4) is 0 Å². The molecule has 2 rings (SSSR count). The standard InChI is InChI=1S/C11H13F2NO2S.ClH/c1-17(15,16)9-3-2-7-5-10(11(12)13)14-6-8(7)4-9;/h2-4,10-11,14H,5-6H2,1H3;1H. The highest BCUT2D eigenvalue weighted by Crippen LogP contribution is 2.22. The molecule has 18 heavy (non-hydrogen) atoms. The van der Waals surface area contributed by atoms with E-state index in [2.05, 4.69) is 5.32 Å². The molecule has 0 radical (unpaired) electrons. The molecule has 102 valence electrons. The van der Waals surface area contributed by atoms with Crippen molar-refractivity contribution in [3.63, 3.8) is 0 Å². The Bertz CT molecular complexity index is 534. The fourth-order valence-electron chi connectivity index (χ4n) is 1.92. The molecule has 1 N–H and O–H groups in total. The number of halogens is 3. The minimum atomic E-state index is -3.24. The maximum absolute atomic E-state index is 12.5. The van der Waals surface area contributed by atoms with Crippen LogP contribution in [0.15, 0.2) is 23.1 Å². The molecule has 0 amide bonds. The van der Waals surface area contributed by atoms with Gasteiger partial charge in [0.2, 0.25) is 0 Å². The van der Waals surface area contributed by atoms with Gasteiger partial charge in [0.15, 0.2) is 9.84 Å². The zero-order chi connectivity index (χ0) is 12.6. The predicted molar refractivity (Wildman–Crippen MR) is 67.1 cm³/mol. The summed E-state index contributed by atoms with van der Waals surface area (Å²) in [6.07, 6.45) is -1.04. The molecule has 0 saturated heterocycles. The Kier molecular flexibility index (Phi) is 4.69. The van der Waals surface area contributed by atoms with Crippen molar-refractivity contribution in [2.45, 2.75) is 30.3 Å². The van der Waals surface area contributed by atoms with E-state index in [0.717, 1.165) is 17.4 Å². The first-order valence-corrected chi connectivity index (χ1v) is 7.10. The molecule has 1 atom stereocenters. The van der Waals surface area contributed by atoms with Crippen LogP contribution in [0, 0.1) is 0 Å². The van der Waals surface area contributed by atoms with Crippen LogP contribution in [0.4, 0.5) is 8.78 Å². The van der Waals surface area contributed by atoms with Gasteiger partial charge in [-0.15, -0.1) is 12.4 Å². The first-order chi connectivity index (χ1) is 7.88. The maximum Gasteiger partial charge on any atom is 0.254 e. The van der Waals surface area contributed by atoms with Gasteiger partial charge in [0.25, 0.3) is 6.43 Å². The van der Waals surface area contributed by atoms with E-state index < -0.39 is 22.3 Å². The molecule has 3 nitrogen and oxygen atoms in total. The Hall–Kier alpha value is -0.720. The highest BCUT2D eigenvalue weighted by molar-refractivity contribution is 7.90. The molecule has 1 aliphatic rings. The molecule has 1 heterocycles. The van der Waals surface area contributed by atoms with E-state index in [4.69, 9.17) is 0 Å². The van der Waals surface area contributed by atoms with Gasteiger partial charge < -0.3 is 5.32 Å². The quantitative estimate of drug-likeness (QED) is 0.905. The summed E-state index contributed by atoms with van der Waals surface area (Å²) in [5, 5.41) is 2.71. The maximum atomic E-state index is 12.5. The summed E-state index contributed by atoms with van der Waals surface area (Å²) < 4.78 is 47.8. The molecule has 1 aromatic carbocycles. The lowest BCUT2D eigenvalue weighted by atomic mass is 9.96. The number of sulfone groups is 1. The summed E-state index contributed by atoms with van der Waals surface area (Å²) in [6, 6.07) is 3.81. The van der Waals surface area contributed by atoms with Gasteiger partial charge in [0, 0.05) is 12.8 Å². The van der Waals surface area contributed by atoms with Crippen LogP contribution >= 0.6 is 12.4 Å². The lowest BCUT2D eigenvalue weighted by molar-refractivity contribution is 0.0941. The van der Waals surface area contributed by atoms with E-state index in [1.165, 1.54) is 6.07 Å². The molecule has 0 fully saturated rings. The monoisotopic (exact) mass is 297 g/mol. The number of rotatable bonds is 2. The van der Waals surface area contributed by atoms with E-state index in [-0.39, 0.29) is 30.3 Å². The van der Waals surface area contributed by atoms with E-state index in [9.17, 15) is 17.2 Å². The van der Waals surface area contributed by atoms with Gasteiger partial charge in [-0.1, -0.05) is 6.07 Å². The first-order valence-electron chi connectivity index (χ1n) is 5.21. The summed E-state index contributed by atoms with van der Waals surface area (Å²) >= 11 is 0. The van der Waals surface area contributed by atoms with Crippen molar-refractivity contribution in [3.8, 4) is 0 Å².